The minimum absolute atomic E-state index is 0.000889. The molecule has 0 radical (unpaired) electrons. The number of amides is 1. The van der Waals surface area contributed by atoms with Crippen LogP contribution in [0.3, 0.4) is 0 Å². The van der Waals surface area contributed by atoms with E-state index in [1.807, 2.05) is 36.4 Å². The lowest BCUT2D eigenvalue weighted by atomic mass is 9.99. The summed E-state index contributed by atoms with van der Waals surface area (Å²) in [6.07, 6.45) is 9.72. The Morgan fingerprint density at radius 2 is 1.70 bits per heavy atom. The van der Waals surface area contributed by atoms with Crippen molar-refractivity contribution < 1.29 is 4.79 Å². The second-order valence-electron chi connectivity index (χ2n) is 6.47. The zero-order valence-electron chi connectivity index (χ0n) is 15.3. The first-order chi connectivity index (χ1) is 13.3. The van der Waals surface area contributed by atoms with Crippen LogP contribution in [0.2, 0.25) is 0 Å². The highest BCUT2D eigenvalue weighted by molar-refractivity contribution is 5.91. The predicted molar refractivity (Wildman–Crippen MR) is 110 cm³/mol. The molecule has 1 N–H and O–H groups in total. The Kier molecular flexibility index (Phi) is 6.93. The maximum atomic E-state index is 12.4. The van der Waals surface area contributed by atoms with Gasteiger partial charge in [0.05, 0.1) is 6.04 Å². The lowest BCUT2D eigenvalue weighted by Gasteiger charge is -2.18. The van der Waals surface area contributed by atoms with Gasteiger partial charge in [-0.3, -0.25) is 9.78 Å². The third kappa shape index (κ3) is 6.23. The van der Waals surface area contributed by atoms with Crippen molar-refractivity contribution in [2.45, 2.75) is 25.3 Å². The van der Waals surface area contributed by atoms with E-state index in [0.29, 0.717) is 0 Å². The summed E-state index contributed by atoms with van der Waals surface area (Å²) in [4.78, 5) is 16.5. The zero-order valence-corrected chi connectivity index (χ0v) is 15.3. The third-order valence-electron chi connectivity index (χ3n) is 4.43. The normalized spacial score (nSPS) is 12.0. The Bertz CT molecular complexity index is 845. The number of rotatable bonds is 8. The number of hydrogen-bond acceptors (Lipinski definition) is 2. The maximum absolute atomic E-state index is 12.4. The number of pyridine rings is 1. The van der Waals surface area contributed by atoms with Crippen LogP contribution in [0.1, 0.15) is 35.6 Å². The lowest BCUT2D eigenvalue weighted by molar-refractivity contribution is -0.117. The number of carbonyl (C=O) groups is 1. The Balaban J connectivity index is 1.61. The van der Waals surface area contributed by atoms with E-state index in [1.165, 1.54) is 5.56 Å². The van der Waals surface area contributed by atoms with Crippen molar-refractivity contribution in [3.63, 3.8) is 0 Å². The summed E-state index contributed by atoms with van der Waals surface area (Å²) < 4.78 is 0. The van der Waals surface area contributed by atoms with Crippen molar-refractivity contribution in [3.05, 3.63) is 108 Å². The average molecular weight is 356 g/mol. The molecule has 0 aliphatic heterocycles. The molecule has 1 atom stereocenters. The van der Waals surface area contributed by atoms with Crippen LogP contribution in [0.25, 0.3) is 6.08 Å². The van der Waals surface area contributed by atoms with Crippen molar-refractivity contribution in [2.24, 2.45) is 0 Å². The van der Waals surface area contributed by atoms with Gasteiger partial charge in [0, 0.05) is 18.5 Å². The number of nitrogens with zero attached hydrogens (tertiary/aromatic N) is 1. The molecule has 27 heavy (non-hydrogen) atoms. The largest absolute Gasteiger partial charge is 0.346 e. The molecule has 0 saturated carbocycles. The maximum Gasteiger partial charge on any atom is 0.244 e. The number of nitrogens with one attached hydrogen (secondary N) is 1. The molecule has 0 aliphatic rings. The summed E-state index contributed by atoms with van der Waals surface area (Å²) in [5.74, 6) is -0.0904. The van der Waals surface area contributed by atoms with Crippen LogP contribution in [0.4, 0.5) is 0 Å². The van der Waals surface area contributed by atoms with E-state index in [2.05, 4.69) is 46.7 Å². The minimum atomic E-state index is -0.0904. The molecule has 0 fully saturated rings. The van der Waals surface area contributed by atoms with Gasteiger partial charge in [-0.15, -0.1) is 0 Å². The first-order valence-electron chi connectivity index (χ1n) is 9.29. The Labute approximate surface area is 160 Å². The minimum Gasteiger partial charge on any atom is -0.346 e. The monoisotopic (exact) mass is 356 g/mol. The molecule has 3 aromatic rings. The molecule has 1 heterocycles. The molecule has 3 nitrogen and oxygen atoms in total. The van der Waals surface area contributed by atoms with Gasteiger partial charge in [-0.1, -0.05) is 66.7 Å². The lowest BCUT2D eigenvalue weighted by Crippen LogP contribution is -2.27. The molecular formula is C24H24N2O. The van der Waals surface area contributed by atoms with E-state index in [1.54, 1.807) is 24.5 Å². The molecule has 1 aromatic heterocycles. The fourth-order valence-corrected chi connectivity index (χ4v) is 3.03. The van der Waals surface area contributed by atoms with Crippen molar-refractivity contribution in [1.29, 1.82) is 0 Å². The molecular weight excluding hydrogens is 332 g/mol. The van der Waals surface area contributed by atoms with E-state index in [0.717, 1.165) is 30.4 Å². The highest BCUT2D eigenvalue weighted by Crippen LogP contribution is 2.20. The van der Waals surface area contributed by atoms with Crippen LogP contribution < -0.4 is 5.32 Å². The van der Waals surface area contributed by atoms with Crippen LogP contribution in [0.15, 0.2) is 91.3 Å². The first-order valence-corrected chi connectivity index (χ1v) is 9.29. The topological polar surface area (TPSA) is 42.0 Å². The Morgan fingerprint density at radius 3 is 2.41 bits per heavy atom. The molecule has 136 valence electrons. The molecule has 3 heteroatoms. The number of aromatic nitrogens is 1. The van der Waals surface area contributed by atoms with Gasteiger partial charge in [0.1, 0.15) is 0 Å². The van der Waals surface area contributed by atoms with Crippen molar-refractivity contribution in [1.82, 2.24) is 10.3 Å². The van der Waals surface area contributed by atoms with Gasteiger partial charge in [0.15, 0.2) is 0 Å². The van der Waals surface area contributed by atoms with Crippen LogP contribution >= 0.6 is 0 Å². The smallest absolute Gasteiger partial charge is 0.244 e. The van der Waals surface area contributed by atoms with Gasteiger partial charge in [-0.25, -0.2) is 0 Å². The summed E-state index contributed by atoms with van der Waals surface area (Å²) in [7, 11) is 0. The molecule has 0 aliphatic carbocycles. The second kappa shape index (κ2) is 10.1. The van der Waals surface area contributed by atoms with Crippen LogP contribution in [0.5, 0.6) is 0 Å². The quantitative estimate of drug-likeness (QED) is 0.579. The molecule has 0 spiro atoms. The highest BCUT2D eigenvalue weighted by atomic mass is 16.1. The van der Waals surface area contributed by atoms with Gasteiger partial charge < -0.3 is 5.32 Å². The molecule has 0 bridgehead atoms. The Morgan fingerprint density at radius 1 is 0.963 bits per heavy atom. The summed E-state index contributed by atoms with van der Waals surface area (Å²) in [6.45, 7) is 0. The fraction of sp³-hybridized carbons (Fsp3) is 0.167. The van der Waals surface area contributed by atoms with E-state index in [-0.39, 0.29) is 11.9 Å². The molecule has 1 unspecified atom stereocenters. The van der Waals surface area contributed by atoms with Gasteiger partial charge >= 0.3 is 0 Å². The van der Waals surface area contributed by atoms with Gasteiger partial charge in [-0.05, 0) is 48.1 Å². The standard InChI is InChI=1S/C24H24N2O/c27-24(17-16-21-12-8-18-25-19-21)26-23(22-13-5-2-6-14-22)15-7-11-20-9-3-1-4-10-20/h1-6,8-10,12-14,16-19,23H,7,11,15H2,(H,26,27)/b17-16+. The summed E-state index contributed by atoms with van der Waals surface area (Å²) >= 11 is 0. The van der Waals surface area contributed by atoms with Gasteiger partial charge in [0.2, 0.25) is 5.91 Å². The van der Waals surface area contributed by atoms with Crippen molar-refractivity contribution in [2.75, 3.05) is 0 Å². The number of carbonyl (C=O) groups excluding carboxylic acids is 1. The number of benzene rings is 2. The zero-order chi connectivity index (χ0) is 18.7. The second-order valence-corrected chi connectivity index (χ2v) is 6.47. The van der Waals surface area contributed by atoms with E-state index >= 15 is 0 Å². The predicted octanol–water partition coefficient (Wildman–Crippen LogP) is 4.98. The Hall–Kier alpha value is -3.20. The molecule has 3 rings (SSSR count). The van der Waals surface area contributed by atoms with E-state index in [4.69, 9.17) is 0 Å². The molecule has 1 amide bonds. The molecule has 2 aromatic carbocycles. The van der Waals surface area contributed by atoms with Gasteiger partial charge in [0.25, 0.3) is 0 Å². The van der Waals surface area contributed by atoms with Crippen molar-refractivity contribution in [3.8, 4) is 0 Å². The van der Waals surface area contributed by atoms with Gasteiger partial charge in [-0.2, -0.15) is 0 Å². The first kappa shape index (κ1) is 18.6. The van der Waals surface area contributed by atoms with E-state index in [9.17, 15) is 4.79 Å². The molecule has 0 saturated heterocycles. The highest BCUT2D eigenvalue weighted by Gasteiger charge is 2.13. The summed E-state index contributed by atoms with van der Waals surface area (Å²) in [5.41, 5.74) is 3.37. The number of hydrogen-bond donors (Lipinski definition) is 1. The SMILES string of the molecule is O=C(/C=C/c1cccnc1)NC(CCCc1ccccc1)c1ccccc1. The summed E-state index contributed by atoms with van der Waals surface area (Å²) in [5, 5.41) is 3.14. The van der Waals surface area contributed by atoms with E-state index < -0.39 is 0 Å². The fourth-order valence-electron chi connectivity index (χ4n) is 3.03. The van der Waals surface area contributed by atoms with Crippen LogP contribution in [0, 0.1) is 0 Å². The third-order valence-corrected chi connectivity index (χ3v) is 4.43. The van der Waals surface area contributed by atoms with Crippen LogP contribution in [-0.2, 0) is 11.2 Å². The average Bonchev–Trinajstić information content (AvgIpc) is 2.74. The summed E-state index contributed by atoms with van der Waals surface area (Å²) in [6, 6.07) is 24.4. The van der Waals surface area contributed by atoms with Crippen LogP contribution in [-0.4, -0.2) is 10.9 Å². The number of aryl methyl sites for hydroxylation is 1. The van der Waals surface area contributed by atoms with Crippen molar-refractivity contribution >= 4 is 12.0 Å².